The fourth-order valence-corrected chi connectivity index (χ4v) is 4.44. The van der Waals surface area contributed by atoms with Gasteiger partial charge >= 0.3 is 5.97 Å². The van der Waals surface area contributed by atoms with Crippen LogP contribution in [-0.4, -0.2) is 47.6 Å². The molecule has 0 bridgehead atoms. The van der Waals surface area contributed by atoms with E-state index < -0.39 is 23.5 Å². The molecular weight excluding hydrogens is 382 g/mol. The van der Waals surface area contributed by atoms with Crippen LogP contribution in [0.25, 0.3) is 0 Å². The van der Waals surface area contributed by atoms with Crippen LogP contribution in [0.5, 0.6) is 5.75 Å². The molecular formula is C20H21NO6S. The molecule has 148 valence electrons. The van der Waals surface area contributed by atoms with Gasteiger partial charge in [0.25, 0.3) is 0 Å². The van der Waals surface area contributed by atoms with E-state index in [-0.39, 0.29) is 11.7 Å². The lowest BCUT2D eigenvalue weighted by atomic mass is 10.1. The quantitative estimate of drug-likeness (QED) is 0.541. The summed E-state index contributed by atoms with van der Waals surface area (Å²) in [7, 11) is 1.54. The first-order valence-corrected chi connectivity index (χ1v) is 9.80. The number of hydrogen-bond acceptors (Lipinski definition) is 7. The predicted octanol–water partition coefficient (Wildman–Crippen LogP) is 3.07. The zero-order valence-corrected chi connectivity index (χ0v) is 16.6. The maximum atomic E-state index is 12.7. The van der Waals surface area contributed by atoms with Crippen LogP contribution >= 0.6 is 11.8 Å². The van der Waals surface area contributed by atoms with Crippen molar-refractivity contribution in [3.63, 3.8) is 0 Å². The largest absolute Gasteiger partial charge is 0.497 e. The lowest BCUT2D eigenvalue weighted by Gasteiger charge is -2.26. The zero-order valence-electron chi connectivity index (χ0n) is 15.8. The van der Waals surface area contributed by atoms with Gasteiger partial charge in [-0.15, -0.1) is 11.8 Å². The summed E-state index contributed by atoms with van der Waals surface area (Å²) in [6.45, 7) is 2.92. The highest BCUT2D eigenvalue weighted by Crippen LogP contribution is 2.41. The smallest absolute Gasteiger partial charge is 0.330 e. The second-order valence-corrected chi connectivity index (χ2v) is 7.43. The molecule has 0 N–H and O–H groups in total. The third kappa shape index (κ3) is 4.06. The Kier molecular flexibility index (Phi) is 6.08. The van der Waals surface area contributed by atoms with Crippen LogP contribution in [0.3, 0.4) is 0 Å². The third-order valence-electron chi connectivity index (χ3n) is 4.46. The van der Waals surface area contributed by atoms with Crippen molar-refractivity contribution >= 4 is 29.4 Å². The van der Waals surface area contributed by atoms with Crippen LogP contribution in [0.2, 0.25) is 0 Å². The van der Waals surface area contributed by atoms with Crippen LogP contribution in [0.1, 0.15) is 35.3 Å². The topological polar surface area (TPSA) is 86.1 Å². The van der Waals surface area contributed by atoms with E-state index in [4.69, 9.17) is 13.9 Å². The molecule has 28 heavy (non-hydrogen) atoms. The molecule has 0 spiro atoms. The normalized spacial score (nSPS) is 19.9. The number of benzene rings is 1. The molecule has 3 rings (SSSR count). The lowest BCUT2D eigenvalue weighted by Crippen LogP contribution is -2.44. The Balaban J connectivity index is 1.68. The maximum absolute atomic E-state index is 12.7. The minimum atomic E-state index is -0.970. The van der Waals surface area contributed by atoms with E-state index in [1.165, 1.54) is 43.9 Å². The van der Waals surface area contributed by atoms with E-state index in [0.717, 1.165) is 0 Å². The molecule has 7 nitrogen and oxygen atoms in total. The molecule has 1 amide bonds. The minimum Gasteiger partial charge on any atom is -0.497 e. The van der Waals surface area contributed by atoms with Crippen molar-refractivity contribution in [3.8, 4) is 5.75 Å². The van der Waals surface area contributed by atoms with Gasteiger partial charge < -0.3 is 18.8 Å². The Bertz CT molecular complexity index is 848. The molecule has 2 aromatic rings. The Labute approximate surface area is 167 Å². The first kappa shape index (κ1) is 20.0. The molecule has 0 radical (unpaired) electrons. The minimum absolute atomic E-state index is 0.262. The van der Waals surface area contributed by atoms with Gasteiger partial charge in [0, 0.05) is 18.2 Å². The number of amides is 1. The van der Waals surface area contributed by atoms with Crippen molar-refractivity contribution in [3.05, 3.63) is 54.0 Å². The van der Waals surface area contributed by atoms with Crippen LogP contribution in [0, 0.1) is 0 Å². The van der Waals surface area contributed by atoms with Crippen molar-refractivity contribution < 1.29 is 28.3 Å². The Morgan fingerprint density at radius 3 is 2.50 bits per heavy atom. The van der Waals surface area contributed by atoms with Gasteiger partial charge in [0.1, 0.15) is 22.9 Å². The van der Waals surface area contributed by atoms with Crippen LogP contribution in [0.15, 0.2) is 47.1 Å². The second-order valence-electron chi connectivity index (χ2n) is 6.32. The van der Waals surface area contributed by atoms with Crippen molar-refractivity contribution in [1.29, 1.82) is 0 Å². The van der Waals surface area contributed by atoms with Crippen molar-refractivity contribution in [2.24, 2.45) is 0 Å². The van der Waals surface area contributed by atoms with Crippen molar-refractivity contribution in [1.82, 2.24) is 4.90 Å². The highest BCUT2D eigenvalue weighted by atomic mass is 32.2. The van der Waals surface area contributed by atoms with Crippen LogP contribution in [-0.2, 0) is 14.3 Å². The molecule has 1 aromatic carbocycles. The number of ether oxygens (including phenoxy) is 2. The van der Waals surface area contributed by atoms with Crippen LogP contribution < -0.4 is 4.74 Å². The number of carbonyl (C=O) groups is 3. The molecule has 1 aromatic heterocycles. The SMILES string of the molecule is COc1ccc(C(=O)[C@@H](C)OC(=O)[C@H]2CS[C@H](c3ccco3)N2C(C)=O)cc1. The third-order valence-corrected chi connectivity index (χ3v) is 5.74. The van der Waals surface area contributed by atoms with E-state index in [2.05, 4.69) is 0 Å². The van der Waals surface area contributed by atoms with Crippen molar-refractivity contribution in [2.75, 3.05) is 12.9 Å². The Morgan fingerprint density at radius 1 is 1.21 bits per heavy atom. The molecule has 8 heteroatoms. The molecule has 0 saturated carbocycles. The van der Waals surface area contributed by atoms with Gasteiger partial charge in [0.2, 0.25) is 11.7 Å². The molecule has 1 aliphatic rings. The first-order valence-electron chi connectivity index (χ1n) is 8.75. The van der Waals surface area contributed by atoms with Gasteiger partial charge in [-0.25, -0.2) is 4.79 Å². The fourth-order valence-electron chi connectivity index (χ4n) is 3.02. The highest BCUT2D eigenvalue weighted by molar-refractivity contribution is 7.99. The van der Waals surface area contributed by atoms with Gasteiger partial charge in [-0.05, 0) is 43.3 Å². The summed E-state index contributed by atoms with van der Waals surface area (Å²) in [6.07, 6.45) is 0.553. The zero-order chi connectivity index (χ0) is 20.3. The van der Waals surface area contributed by atoms with E-state index in [9.17, 15) is 14.4 Å². The number of esters is 1. The monoisotopic (exact) mass is 403 g/mol. The number of nitrogens with zero attached hydrogens (tertiary/aromatic N) is 1. The predicted molar refractivity (Wildman–Crippen MR) is 103 cm³/mol. The highest BCUT2D eigenvalue weighted by Gasteiger charge is 2.43. The van der Waals surface area contributed by atoms with E-state index in [1.807, 2.05) is 0 Å². The summed E-state index contributed by atoms with van der Waals surface area (Å²) in [4.78, 5) is 38.8. The number of furan rings is 1. The van der Waals surface area contributed by atoms with E-state index in [1.54, 1.807) is 36.4 Å². The number of rotatable bonds is 6. The average molecular weight is 403 g/mol. The van der Waals surface area contributed by atoms with Gasteiger partial charge in [0.05, 0.1) is 13.4 Å². The standard InChI is InChI=1S/C20H21NO6S/c1-12(18(23)14-6-8-15(25-3)9-7-14)27-20(24)16-11-28-19(21(16)13(2)22)17-5-4-10-26-17/h4-10,12,16,19H,11H2,1-3H3/t12-,16-,19-/m1/s1. The summed E-state index contributed by atoms with van der Waals surface area (Å²) in [5.41, 5.74) is 0.416. The molecule has 0 aliphatic carbocycles. The maximum Gasteiger partial charge on any atom is 0.330 e. The van der Waals surface area contributed by atoms with E-state index in [0.29, 0.717) is 22.8 Å². The molecule has 1 aliphatic heterocycles. The summed E-state index contributed by atoms with van der Waals surface area (Å²) >= 11 is 1.42. The fraction of sp³-hybridized carbons (Fsp3) is 0.350. The van der Waals surface area contributed by atoms with Crippen LogP contribution in [0.4, 0.5) is 0 Å². The Hall–Kier alpha value is -2.74. The molecule has 3 atom stereocenters. The summed E-state index contributed by atoms with van der Waals surface area (Å²) in [6, 6.07) is 9.29. The lowest BCUT2D eigenvalue weighted by molar-refractivity contribution is -0.155. The van der Waals surface area contributed by atoms with Gasteiger partial charge in [0.15, 0.2) is 6.10 Å². The second kappa shape index (κ2) is 8.52. The van der Waals surface area contributed by atoms with E-state index >= 15 is 0 Å². The number of hydrogen-bond donors (Lipinski definition) is 0. The first-order chi connectivity index (χ1) is 13.4. The van der Waals surface area contributed by atoms with Gasteiger partial charge in [-0.2, -0.15) is 0 Å². The number of carbonyl (C=O) groups excluding carboxylic acids is 3. The van der Waals surface area contributed by atoms with Gasteiger partial charge in [-0.1, -0.05) is 0 Å². The molecule has 1 fully saturated rings. The number of ketones is 1. The number of methoxy groups -OCH3 is 1. The van der Waals surface area contributed by atoms with Gasteiger partial charge in [-0.3, -0.25) is 9.59 Å². The number of thioether (sulfide) groups is 1. The summed E-state index contributed by atoms with van der Waals surface area (Å²) < 4.78 is 15.9. The van der Waals surface area contributed by atoms with Crippen molar-refractivity contribution in [2.45, 2.75) is 31.4 Å². The number of Topliss-reactive ketones (excluding diaryl/α,β-unsaturated/α-hetero) is 1. The average Bonchev–Trinajstić information content (AvgIpc) is 3.36. The molecule has 2 heterocycles. The summed E-state index contributed by atoms with van der Waals surface area (Å²) in [5.74, 6) is 0.406. The summed E-state index contributed by atoms with van der Waals surface area (Å²) in [5, 5.41) is -0.391. The molecule has 0 unspecified atom stereocenters. The molecule has 1 saturated heterocycles. The Morgan fingerprint density at radius 2 is 1.93 bits per heavy atom.